The normalized spacial score (nSPS) is 15.4. The number of aromatic nitrogens is 5. The number of allylic oxidation sites excluding steroid dienone is 6. The number of para-hydroxylation sites is 3. The van der Waals surface area contributed by atoms with Gasteiger partial charge in [0.05, 0.1) is 39.1 Å². The molecule has 0 amide bonds. The summed E-state index contributed by atoms with van der Waals surface area (Å²) >= 11 is 0. The van der Waals surface area contributed by atoms with Gasteiger partial charge in [-0.25, -0.2) is 9.97 Å². The number of nitrogens with zero attached hydrogens (tertiary/aromatic N) is 5. The fourth-order valence-electron chi connectivity index (χ4n) is 7.67. The molecule has 246 valence electrons. The summed E-state index contributed by atoms with van der Waals surface area (Å²) in [6, 6.07) is 49.5. The Hall–Kier alpha value is -6.85. The first kappa shape index (κ1) is 30.0. The highest BCUT2D eigenvalue weighted by molar-refractivity contribution is 6.12. The topological polar surface area (TPSA) is 48.5 Å². The average molecular weight is 668 g/mol. The quantitative estimate of drug-likeness (QED) is 0.184. The maximum atomic E-state index is 5.26. The van der Waals surface area contributed by atoms with Crippen molar-refractivity contribution in [2.75, 3.05) is 0 Å². The Labute approximate surface area is 301 Å². The SMILES string of the molecule is C1=C\C=C(\c2cc(-c3ccccn3)nc(-n3c4ccccc4c4cc(-c5ccc6c(c5)c5ccccc5n6-c5ccccc5)ccc43)n2)CC\C=C/1. The lowest BCUT2D eigenvalue weighted by molar-refractivity contribution is 0.965. The molecule has 52 heavy (non-hydrogen) atoms. The van der Waals surface area contributed by atoms with E-state index in [-0.39, 0.29) is 0 Å². The number of benzene rings is 5. The van der Waals surface area contributed by atoms with Crippen molar-refractivity contribution in [2.24, 2.45) is 0 Å². The van der Waals surface area contributed by atoms with Crippen molar-refractivity contribution in [1.29, 1.82) is 0 Å². The molecule has 0 aliphatic heterocycles. The number of hydrogen-bond donors (Lipinski definition) is 0. The van der Waals surface area contributed by atoms with Crippen molar-refractivity contribution in [3.8, 4) is 34.2 Å². The molecular formula is C47H33N5. The number of fused-ring (bicyclic) bond motifs is 6. The summed E-state index contributed by atoms with van der Waals surface area (Å²) in [6.07, 6.45) is 14.3. The molecule has 0 spiro atoms. The standard InChI is InChI=1S/C47H33N5/c1-2-5-15-32(16-6-3-1)41-31-42(40-21-13-14-28-48-40)50-47(49-41)52-44-23-12-10-20-37(44)39-30-34(25-27-46(39)52)33-24-26-45-38(29-33)36-19-9-11-22-43(36)51(45)35-17-7-4-8-18-35/h1-5,7-15,17-31H,6,16H2/b3-1-,5-2-,32-15+. The molecule has 0 saturated heterocycles. The van der Waals surface area contributed by atoms with Gasteiger partial charge in [0.15, 0.2) is 0 Å². The second kappa shape index (κ2) is 12.5. The third-order valence-electron chi connectivity index (χ3n) is 10.1. The van der Waals surface area contributed by atoms with Crippen molar-refractivity contribution < 1.29 is 0 Å². The smallest absolute Gasteiger partial charge is 0.235 e. The summed E-state index contributed by atoms with van der Waals surface area (Å²) in [4.78, 5) is 15.1. The zero-order chi connectivity index (χ0) is 34.4. The van der Waals surface area contributed by atoms with Crippen LogP contribution in [-0.2, 0) is 0 Å². The van der Waals surface area contributed by atoms with Crippen LogP contribution in [0.5, 0.6) is 0 Å². The van der Waals surface area contributed by atoms with Gasteiger partial charge in [-0.3, -0.25) is 9.55 Å². The zero-order valence-corrected chi connectivity index (χ0v) is 28.4. The predicted octanol–water partition coefficient (Wildman–Crippen LogP) is 11.7. The van der Waals surface area contributed by atoms with Gasteiger partial charge >= 0.3 is 0 Å². The molecule has 4 aromatic heterocycles. The Balaban J connectivity index is 1.16. The van der Waals surface area contributed by atoms with Crippen LogP contribution in [0.15, 0.2) is 176 Å². The molecule has 0 saturated carbocycles. The molecule has 5 heteroatoms. The minimum Gasteiger partial charge on any atom is -0.309 e. The fraction of sp³-hybridized carbons (Fsp3) is 0.0426. The van der Waals surface area contributed by atoms with Gasteiger partial charge in [0.1, 0.15) is 0 Å². The van der Waals surface area contributed by atoms with E-state index in [1.165, 1.54) is 32.9 Å². The highest BCUT2D eigenvalue weighted by Crippen LogP contribution is 2.38. The zero-order valence-electron chi connectivity index (χ0n) is 28.4. The number of hydrogen-bond acceptors (Lipinski definition) is 3. The lowest BCUT2D eigenvalue weighted by atomic mass is 10.0. The summed E-state index contributed by atoms with van der Waals surface area (Å²) < 4.78 is 4.57. The van der Waals surface area contributed by atoms with Crippen LogP contribution in [0.2, 0.25) is 0 Å². The van der Waals surface area contributed by atoms with Gasteiger partial charge in [0.2, 0.25) is 5.95 Å². The maximum absolute atomic E-state index is 5.26. The molecule has 9 aromatic rings. The summed E-state index contributed by atoms with van der Waals surface area (Å²) in [5.41, 5.74) is 11.7. The molecule has 4 heterocycles. The van der Waals surface area contributed by atoms with E-state index in [0.29, 0.717) is 5.95 Å². The van der Waals surface area contributed by atoms with E-state index in [0.717, 1.165) is 63.0 Å². The number of rotatable bonds is 5. The third kappa shape index (κ3) is 5.05. The lowest BCUT2D eigenvalue weighted by Gasteiger charge is -2.13. The van der Waals surface area contributed by atoms with E-state index in [1.54, 1.807) is 0 Å². The minimum atomic E-state index is 0.634. The number of pyridine rings is 1. The summed E-state index contributed by atoms with van der Waals surface area (Å²) in [5.74, 6) is 0.634. The summed E-state index contributed by atoms with van der Waals surface area (Å²) in [6.45, 7) is 0. The summed E-state index contributed by atoms with van der Waals surface area (Å²) in [5, 5.41) is 4.80. The molecule has 5 nitrogen and oxygen atoms in total. The highest BCUT2D eigenvalue weighted by Gasteiger charge is 2.19. The molecule has 0 unspecified atom stereocenters. The van der Waals surface area contributed by atoms with Gasteiger partial charge in [-0.1, -0.05) is 103 Å². The second-order valence-corrected chi connectivity index (χ2v) is 13.2. The molecule has 0 fully saturated rings. The van der Waals surface area contributed by atoms with Crippen LogP contribution in [0.3, 0.4) is 0 Å². The molecule has 1 aliphatic rings. The van der Waals surface area contributed by atoms with E-state index < -0.39 is 0 Å². The average Bonchev–Trinajstić information content (AvgIpc) is 3.70. The van der Waals surface area contributed by atoms with E-state index in [4.69, 9.17) is 9.97 Å². The third-order valence-corrected chi connectivity index (χ3v) is 10.1. The first-order valence-corrected chi connectivity index (χ1v) is 17.8. The Morgan fingerprint density at radius 1 is 0.462 bits per heavy atom. The van der Waals surface area contributed by atoms with Crippen LogP contribution in [-0.4, -0.2) is 24.1 Å². The van der Waals surface area contributed by atoms with Crippen molar-refractivity contribution in [3.05, 3.63) is 182 Å². The van der Waals surface area contributed by atoms with Crippen LogP contribution in [0.25, 0.3) is 83.3 Å². The Kier molecular flexibility index (Phi) is 7.21. The molecule has 0 atom stereocenters. The minimum absolute atomic E-state index is 0.634. The van der Waals surface area contributed by atoms with Gasteiger partial charge in [0, 0.05) is 33.4 Å². The Morgan fingerprint density at radius 3 is 1.83 bits per heavy atom. The van der Waals surface area contributed by atoms with Gasteiger partial charge in [-0.2, -0.15) is 0 Å². The van der Waals surface area contributed by atoms with E-state index in [1.807, 2.05) is 24.4 Å². The molecule has 0 N–H and O–H groups in total. The van der Waals surface area contributed by atoms with Crippen molar-refractivity contribution in [1.82, 2.24) is 24.1 Å². The molecule has 0 radical (unpaired) electrons. The Bertz CT molecular complexity index is 2890. The first-order valence-electron chi connectivity index (χ1n) is 17.8. The van der Waals surface area contributed by atoms with Gasteiger partial charge in [-0.05, 0) is 96.3 Å². The van der Waals surface area contributed by atoms with E-state index in [9.17, 15) is 0 Å². The molecule has 10 rings (SSSR count). The second-order valence-electron chi connectivity index (χ2n) is 13.2. The van der Waals surface area contributed by atoms with E-state index >= 15 is 0 Å². The van der Waals surface area contributed by atoms with Crippen molar-refractivity contribution in [2.45, 2.75) is 12.8 Å². The van der Waals surface area contributed by atoms with Crippen LogP contribution in [0.1, 0.15) is 18.5 Å². The molecule has 5 aromatic carbocycles. The Morgan fingerprint density at radius 2 is 1.10 bits per heavy atom. The monoisotopic (exact) mass is 667 g/mol. The van der Waals surface area contributed by atoms with Crippen LogP contribution >= 0.6 is 0 Å². The van der Waals surface area contributed by atoms with Gasteiger partial charge < -0.3 is 4.57 Å². The van der Waals surface area contributed by atoms with Crippen LogP contribution < -0.4 is 0 Å². The summed E-state index contributed by atoms with van der Waals surface area (Å²) in [7, 11) is 0. The van der Waals surface area contributed by atoms with Gasteiger partial charge in [-0.15, -0.1) is 0 Å². The largest absolute Gasteiger partial charge is 0.309 e. The van der Waals surface area contributed by atoms with Crippen LogP contribution in [0.4, 0.5) is 0 Å². The van der Waals surface area contributed by atoms with Crippen molar-refractivity contribution >= 4 is 49.2 Å². The molecular weight excluding hydrogens is 635 g/mol. The van der Waals surface area contributed by atoms with Crippen LogP contribution in [0, 0.1) is 0 Å². The molecule has 0 bridgehead atoms. The lowest BCUT2D eigenvalue weighted by Crippen LogP contribution is -2.06. The van der Waals surface area contributed by atoms with Crippen molar-refractivity contribution in [3.63, 3.8) is 0 Å². The maximum Gasteiger partial charge on any atom is 0.235 e. The predicted molar refractivity (Wildman–Crippen MR) is 215 cm³/mol. The highest BCUT2D eigenvalue weighted by atomic mass is 15.2. The van der Waals surface area contributed by atoms with E-state index in [2.05, 4.69) is 166 Å². The first-order chi connectivity index (χ1) is 25.8. The van der Waals surface area contributed by atoms with Gasteiger partial charge in [0.25, 0.3) is 0 Å². The fourth-order valence-corrected chi connectivity index (χ4v) is 7.67. The molecule has 1 aliphatic carbocycles.